The number of carbonyl (C=O) groups excluding carboxylic acids is 2. The highest BCUT2D eigenvalue weighted by Gasteiger charge is 2.37. The number of likely N-dealkylation sites (tertiary alicyclic amines) is 1. The Labute approximate surface area is 170 Å². The predicted octanol–water partition coefficient (Wildman–Crippen LogP) is 2.61. The van der Waals surface area contributed by atoms with Crippen LogP contribution in [-0.4, -0.2) is 46.6 Å². The molecule has 2 aliphatic rings. The number of amides is 2. The number of aryl methyl sites for hydroxylation is 1. The largest absolute Gasteiger partial charge is 0.467 e. The molecule has 2 amide bonds. The first-order valence-electron chi connectivity index (χ1n) is 10.1. The molecule has 2 N–H and O–H groups in total. The number of carbonyl (C=O) groups is 2. The summed E-state index contributed by atoms with van der Waals surface area (Å²) < 4.78 is 5.60. The van der Waals surface area contributed by atoms with E-state index in [4.69, 9.17) is 10.2 Å². The number of benzene rings is 1. The molecule has 0 radical (unpaired) electrons. The molecule has 1 saturated heterocycles. The second kappa shape index (κ2) is 8.21. The van der Waals surface area contributed by atoms with Gasteiger partial charge in [-0.1, -0.05) is 36.2 Å². The molecule has 29 heavy (non-hydrogen) atoms. The molecule has 0 aliphatic carbocycles. The Balaban J connectivity index is 1.58. The van der Waals surface area contributed by atoms with Gasteiger partial charge in [0, 0.05) is 6.42 Å². The Bertz CT molecular complexity index is 905. The van der Waals surface area contributed by atoms with Crippen LogP contribution < -0.4 is 5.73 Å². The van der Waals surface area contributed by atoms with Crippen molar-refractivity contribution >= 4 is 17.5 Å². The van der Waals surface area contributed by atoms with Crippen molar-refractivity contribution < 1.29 is 14.0 Å². The van der Waals surface area contributed by atoms with Gasteiger partial charge in [0.25, 0.3) is 5.91 Å². The van der Waals surface area contributed by atoms with Gasteiger partial charge in [-0.2, -0.15) is 5.10 Å². The molecule has 0 unspecified atom stereocenters. The van der Waals surface area contributed by atoms with Crippen molar-refractivity contribution in [2.24, 2.45) is 10.8 Å². The van der Waals surface area contributed by atoms with Crippen LogP contribution in [0.3, 0.4) is 0 Å². The maximum Gasteiger partial charge on any atom is 0.257 e. The van der Waals surface area contributed by atoms with Crippen LogP contribution in [0, 0.1) is 6.92 Å². The Morgan fingerprint density at radius 3 is 2.69 bits per heavy atom. The Kier molecular flexibility index (Phi) is 5.49. The summed E-state index contributed by atoms with van der Waals surface area (Å²) in [6, 6.07) is 11.1. The molecule has 2 aliphatic heterocycles. The average molecular weight is 394 g/mol. The van der Waals surface area contributed by atoms with Crippen LogP contribution in [0.5, 0.6) is 0 Å². The normalized spacial score (nSPS) is 22.5. The zero-order valence-corrected chi connectivity index (χ0v) is 16.6. The van der Waals surface area contributed by atoms with Crippen molar-refractivity contribution in [3.63, 3.8) is 0 Å². The van der Waals surface area contributed by atoms with Gasteiger partial charge >= 0.3 is 0 Å². The zero-order chi connectivity index (χ0) is 20.4. The van der Waals surface area contributed by atoms with E-state index in [0.717, 1.165) is 24.1 Å². The van der Waals surface area contributed by atoms with Crippen LogP contribution in [0.2, 0.25) is 0 Å². The number of piperidine rings is 1. The Morgan fingerprint density at radius 1 is 1.21 bits per heavy atom. The highest BCUT2D eigenvalue weighted by molar-refractivity contribution is 6.03. The number of primary amides is 1. The van der Waals surface area contributed by atoms with Crippen molar-refractivity contribution in [1.82, 2.24) is 9.91 Å². The van der Waals surface area contributed by atoms with E-state index in [1.54, 1.807) is 6.26 Å². The molecule has 7 heteroatoms. The first-order valence-corrected chi connectivity index (χ1v) is 10.1. The summed E-state index contributed by atoms with van der Waals surface area (Å²) in [6.45, 7) is 2.85. The number of furan rings is 1. The summed E-state index contributed by atoms with van der Waals surface area (Å²) in [7, 11) is 0. The van der Waals surface area contributed by atoms with Crippen molar-refractivity contribution in [3.05, 3.63) is 59.5 Å². The van der Waals surface area contributed by atoms with Crippen LogP contribution in [0.15, 0.2) is 52.2 Å². The molecular formula is C22H26N4O3. The molecule has 1 aromatic heterocycles. The number of hydrogen-bond donors (Lipinski definition) is 1. The topological polar surface area (TPSA) is 92.1 Å². The van der Waals surface area contributed by atoms with Gasteiger partial charge in [-0.3, -0.25) is 14.5 Å². The van der Waals surface area contributed by atoms with Gasteiger partial charge in [0.05, 0.1) is 24.6 Å². The SMILES string of the molecule is Cc1ccc(C2=NN(C(=O)CN3CCCC[C@H]3C(N)=O)[C@@H](c3ccco3)C2)cc1. The third kappa shape index (κ3) is 4.10. The Hall–Kier alpha value is -2.93. The highest BCUT2D eigenvalue weighted by atomic mass is 16.3. The highest BCUT2D eigenvalue weighted by Crippen LogP contribution is 2.33. The minimum absolute atomic E-state index is 0.121. The van der Waals surface area contributed by atoms with Gasteiger partial charge in [-0.15, -0.1) is 0 Å². The zero-order valence-electron chi connectivity index (χ0n) is 16.6. The first kappa shape index (κ1) is 19.4. The lowest BCUT2D eigenvalue weighted by atomic mass is 10.0. The molecule has 1 fully saturated rings. The standard InChI is InChI=1S/C22H26N4O3/c1-15-7-9-16(10-8-15)17-13-19(20-6-4-12-29-20)26(24-17)21(27)14-25-11-3-2-5-18(25)22(23)28/h4,6-10,12,18-19H,2-3,5,11,13-14H2,1H3,(H2,23,28)/t18-,19+/m0/s1. The fraction of sp³-hybridized carbons (Fsp3) is 0.409. The Morgan fingerprint density at radius 2 is 2.00 bits per heavy atom. The van der Waals surface area contributed by atoms with E-state index in [9.17, 15) is 9.59 Å². The number of nitrogens with zero attached hydrogens (tertiary/aromatic N) is 3. The molecule has 4 rings (SSSR count). The summed E-state index contributed by atoms with van der Waals surface area (Å²) in [5, 5.41) is 6.17. The van der Waals surface area contributed by atoms with E-state index in [1.165, 1.54) is 10.6 Å². The summed E-state index contributed by atoms with van der Waals surface area (Å²) >= 11 is 0. The van der Waals surface area contributed by atoms with Gasteiger partial charge in [-0.05, 0) is 44.0 Å². The van der Waals surface area contributed by atoms with Gasteiger partial charge in [0.1, 0.15) is 11.8 Å². The summed E-state index contributed by atoms with van der Waals surface area (Å²) in [6.07, 6.45) is 4.79. The van der Waals surface area contributed by atoms with Crippen molar-refractivity contribution in [2.45, 2.75) is 44.7 Å². The number of hydrogen-bond acceptors (Lipinski definition) is 5. The number of nitrogens with two attached hydrogens (primary N) is 1. The van der Waals surface area contributed by atoms with E-state index in [0.29, 0.717) is 25.1 Å². The molecule has 0 spiro atoms. The number of hydrazone groups is 1. The predicted molar refractivity (Wildman–Crippen MR) is 109 cm³/mol. The van der Waals surface area contributed by atoms with Crippen LogP contribution in [-0.2, 0) is 9.59 Å². The molecule has 2 aromatic rings. The van der Waals surface area contributed by atoms with Crippen LogP contribution in [0.25, 0.3) is 0 Å². The summed E-state index contributed by atoms with van der Waals surface area (Å²) in [5.74, 6) is 0.182. The molecule has 3 heterocycles. The third-order valence-corrected chi connectivity index (χ3v) is 5.70. The van der Waals surface area contributed by atoms with Crippen molar-refractivity contribution in [1.29, 1.82) is 0 Å². The van der Waals surface area contributed by atoms with E-state index in [-0.39, 0.29) is 24.4 Å². The third-order valence-electron chi connectivity index (χ3n) is 5.70. The maximum absolute atomic E-state index is 13.2. The molecule has 0 saturated carbocycles. The lowest BCUT2D eigenvalue weighted by Crippen LogP contribution is -2.51. The van der Waals surface area contributed by atoms with Gasteiger partial charge in [0.2, 0.25) is 5.91 Å². The van der Waals surface area contributed by atoms with Gasteiger partial charge in [0.15, 0.2) is 0 Å². The number of rotatable bonds is 5. The minimum atomic E-state index is -0.391. The quantitative estimate of drug-likeness (QED) is 0.844. The smallest absolute Gasteiger partial charge is 0.257 e. The van der Waals surface area contributed by atoms with E-state index in [2.05, 4.69) is 5.10 Å². The molecule has 2 atom stereocenters. The van der Waals surface area contributed by atoms with Gasteiger partial charge < -0.3 is 10.2 Å². The molecule has 152 valence electrons. The van der Waals surface area contributed by atoms with Crippen molar-refractivity contribution in [2.75, 3.05) is 13.1 Å². The molecule has 1 aromatic carbocycles. The average Bonchev–Trinajstić information content (AvgIpc) is 3.38. The van der Waals surface area contributed by atoms with E-state index >= 15 is 0 Å². The monoisotopic (exact) mass is 394 g/mol. The second-order valence-corrected chi connectivity index (χ2v) is 7.77. The summed E-state index contributed by atoms with van der Waals surface area (Å²) in [4.78, 5) is 26.9. The maximum atomic E-state index is 13.2. The minimum Gasteiger partial charge on any atom is -0.467 e. The van der Waals surface area contributed by atoms with Crippen LogP contribution >= 0.6 is 0 Å². The fourth-order valence-corrected chi connectivity index (χ4v) is 4.11. The van der Waals surface area contributed by atoms with Crippen molar-refractivity contribution in [3.8, 4) is 0 Å². The van der Waals surface area contributed by atoms with Gasteiger partial charge in [-0.25, -0.2) is 5.01 Å². The molecule has 7 nitrogen and oxygen atoms in total. The lowest BCUT2D eigenvalue weighted by Gasteiger charge is -2.34. The van der Waals surface area contributed by atoms with E-state index < -0.39 is 6.04 Å². The first-order chi connectivity index (χ1) is 14.0. The van der Waals surface area contributed by atoms with Crippen LogP contribution in [0.4, 0.5) is 0 Å². The molecular weight excluding hydrogens is 368 g/mol. The van der Waals surface area contributed by atoms with E-state index in [1.807, 2.05) is 48.2 Å². The molecule has 0 bridgehead atoms. The second-order valence-electron chi connectivity index (χ2n) is 7.77. The summed E-state index contributed by atoms with van der Waals surface area (Å²) in [5.41, 5.74) is 8.57. The fourth-order valence-electron chi connectivity index (χ4n) is 4.11. The lowest BCUT2D eigenvalue weighted by molar-refractivity contribution is -0.137. The van der Waals surface area contributed by atoms with Crippen LogP contribution in [0.1, 0.15) is 48.6 Å².